The van der Waals surface area contributed by atoms with Gasteiger partial charge in [0.1, 0.15) is 11.0 Å². The van der Waals surface area contributed by atoms with E-state index in [-0.39, 0.29) is 0 Å². The maximum absolute atomic E-state index is 12.2. The van der Waals surface area contributed by atoms with E-state index in [0.29, 0.717) is 9.80 Å². The molecular weight excluding hydrogens is 258 g/mol. The van der Waals surface area contributed by atoms with Crippen molar-refractivity contribution < 1.29 is 4.21 Å². The summed E-state index contributed by atoms with van der Waals surface area (Å²) in [5.74, 6) is 1.99. The summed E-state index contributed by atoms with van der Waals surface area (Å²) in [6, 6.07) is 11.2. The van der Waals surface area contributed by atoms with Crippen LogP contribution in [0.3, 0.4) is 0 Å². The van der Waals surface area contributed by atoms with Crippen LogP contribution in [0.1, 0.15) is 0 Å². The van der Waals surface area contributed by atoms with Crippen LogP contribution in [0.25, 0.3) is 0 Å². The van der Waals surface area contributed by atoms with Crippen LogP contribution in [0.4, 0.5) is 0 Å². The van der Waals surface area contributed by atoms with Gasteiger partial charge in [-0.3, -0.25) is 0 Å². The fraction of sp³-hybridized carbons (Fsp3) is 0.182. The van der Waals surface area contributed by atoms with E-state index >= 15 is 0 Å². The lowest BCUT2D eigenvalue weighted by Crippen LogP contribution is -1.95. The van der Waals surface area contributed by atoms with Gasteiger partial charge in [0, 0.05) is 16.4 Å². The number of benzene rings is 1. The van der Waals surface area contributed by atoms with E-state index in [1.807, 2.05) is 18.2 Å². The summed E-state index contributed by atoms with van der Waals surface area (Å²) in [7, 11) is -1.33. The van der Waals surface area contributed by atoms with E-state index in [1.165, 1.54) is 0 Å². The molecule has 1 aromatic rings. The molecule has 5 heteroatoms. The molecule has 0 aliphatic carbocycles. The van der Waals surface area contributed by atoms with Crippen LogP contribution in [0.2, 0.25) is 0 Å². The van der Waals surface area contributed by atoms with E-state index in [0.717, 1.165) is 15.7 Å². The second-order valence-electron chi connectivity index (χ2n) is 3.01. The van der Waals surface area contributed by atoms with E-state index in [4.69, 9.17) is 5.26 Å². The summed E-state index contributed by atoms with van der Waals surface area (Å²) in [4.78, 5) is 1.10. The third-order valence-corrected chi connectivity index (χ3v) is 6.32. The second kappa shape index (κ2) is 5.58. The Bertz CT molecular complexity index is 468. The highest BCUT2D eigenvalue weighted by molar-refractivity contribution is 8.25. The number of allylic oxidation sites excluding steroid dienone is 1. The van der Waals surface area contributed by atoms with Gasteiger partial charge >= 0.3 is 0 Å². The van der Waals surface area contributed by atoms with Crippen LogP contribution in [0.5, 0.6) is 0 Å². The molecule has 0 bridgehead atoms. The molecule has 2 rings (SSSR count). The fourth-order valence-corrected chi connectivity index (χ4v) is 5.17. The van der Waals surface area contributed by atoms with Crippen LogP contribution >= 0.6 is 23.5 Å². The normalized spacial score (nSPS) is 16.8. The summed E-state index contributed by atoms with van der Waals surface area (Å²) in [5, 5.41) is 9.09. The fourth-order valence-electron chi connectivity index (χ4n) is 1.27. The van der Waals surface area contributed by atoms with Crippen LogP contribution in [0.15, 0.2) is 44.4 Å². The third-order valence-electron chi connectivity index (χ3n) is 1.98. The van der Waals surface area contributed by atoms with Gasteiger partial charge < -0.3 is 0 Å². The summed E-state index contributed by atoms with van der Waals surface area (Å²) in [6.07, 6.45) is 0. The quantitative estimate of drug-likeness (QED) is 0.772. The molecule has 2 nitrogen and oxygen atoms in total. The average molecular weight is 267 g/mol. The Morgan fingerprint density at radius 2 is 1.88 bits per heavy atom. The number of rotatable bonds is 2. The summed E-state index contributed by atoms with van der Waals surface area (Å²) >= 11 is 3.25. The molecule has 1 aliphatic heterocycles. The molecule has 1 aliphatic rings. The first-order valence-corrected chi connectivity index (χ1v) is 7.82. The Kier molecular flexibility index (Phi) is 4.10. The molecule has 0 radical (unpaired) electrons. The van der Waals surface area contributed by atoms with Crippen molar-refractivity contribution in [3.8, 4) is 6.07 Å². The zero-order chi connectivity index (χ0) is 11.4. The maximum atomic E-state index is 12.2. The molecule has 1 atom stereocenters. The maximum Gasteiger partial charge on any atom is 0.141 e. The molecule has 16 heavy (non-hydrogen) atoms. The summed E-state index contributed by atoms with van der Waals surface area (Å²) in [5.41, 5.74) is 0. The standard InChI is InChI=1S/C11H9NOS3/c12-8-10(11-14-6-7-15-11)16(13)9-4-2-1-3-5-9/h1-5H,6-7H2. The molecule has 1 saturated heterocycles. The Labute approximate surface area is 106 Å². The van der Waals surface area contributed by atoms with Gasteiger partial charge in [-0.25, -0.2) is 4.21 Å². The molecule has 0 amide bonds. The lowest BCUT2D eigenvalue weighted by molar-refractivity contribution is 0.687. The Morgan fingerprint density at radius 3 is 2.44 bits per heavy atom. The predicted molar refractivity (Wildman–Crippen MR) is 70.4 cm³/mol. The first-order valence-electron chi connectivity index (χ1n) is 4.69. The topological polar surface area (TPSA) is 40.9 Å². The second-order valence-corrected chi connectivity index (χ2v) is 6.89. The van der Waals surface area contributed by atoms with E-state index < -0.39 is 10.8 Å². The van der Waals surface area contributed by atoms with Crippen molar-refractivity contribution in [3.05, 3.63) is 39.5 Å². The molecule has 0 aromatic heterocycles. The smallest absolute Gasteiger partial charge is 0.141 e. The largest absolute Gasteiger partial charge is 0.248 e. The van der Waals surface area contributed by atoms with Crippen LogP contribution in [-0.2, 0) is 10.8 Å². The van der Waals surface area contributed by atoms with Crippen molar-refractivity contribution in [2.24, 2.45) is 0 Å². The number of hydrogen-bond acceptors (Lipinski definition) is 4. The van der Waals surface area contributed by atoms with Crippen molar-refractivity contribution in [1.29, 1.82) is 5.26 Å². The van der Waals surface area contributed by atoms with Crippen LogP contribution in [-0.4, -0.2) is 15.7 Å². The lowest BCUT2D eigenvalue weighted by Gasteiger charge is -2.02. The Hall–Kier alpha value is -0.700. The van der Waals surface area contributed by atoms with Crippen molar-refractivity contribution in [3.63, 3.8) is 0 Å². The molecular formula is C11H9NOS3. The van der Waals surface area contributed by atoms with Gasteiger partial charge in [-0.2, -0.15) is 5.26 Å². The first-order chi connectivity index (χ1) is 7.83. The van der Waals surface area contributed by atoms with Crippen LogP contribution < -0.4 is 0 Å². The zero-order valence-corrected chi connectivity index (χ0v) is 10.8. The molecule has 1 fully saturated rings. The Balaban J connectivity index is 2.34. The third kappa shape index (κ3) is 2.51. The number of nitrogens with zero attached hydrogens (tertiary/aromatic N) is 1. The molecule has 0 spiro atoms. The van der Waals surface area contributed by atoms with Gasteiger partial charge in [-0.05, 0) is 12.1 Å². The summed E-state index contributed by atoms with van der Waals surface area (Å²) < 4.78 is 13.1. The van der Waals surface area contributed by atoms with Crippen molar-refractivity contribution >= 4 is 34.3 Å². The predicted octanol–water partition coefficient (Wildman–Crippen LogP) is 2.97. The summed E-state index contributed by atoms with van der Waals surface area (Å²) in [6.45, 7) is 0. The molecule has 1 heterocycles. The van der Waals surface area contributed by atoms with Crippen molar-refractivity contribution in [1.82, 2.24) is 0 Å². The number of thioether (sulfide) groups is 2. The average Bonchev–Trinajstić information content (AvgIpc) is 2.85. The highest BCUT2D eigenvalue weighted by Crippen LogP contribution is 2.40. The minimum absolute atomic E-state index is 0.402. The van der Waals surface area contributed by atoms with Crippen molar-refractivity contribution in [2.75, 3.05) is 11.5 Å². The monoisotopic (exact) mass is 267 g/mol. The van der Waals surface area contributed by atoms with Crippen molar-refractivity contribution in [2.45, 2.75) is 4.90 Å². The number of nitriles is 1. The SMILES string of the molecule is N#CC(=C1SCCS1)S(=O)c1ccccc1. The minimum atomic E-state index is -1.33. The van der Waals surface area contributed by atoms with E-state index in [9.17, 15) is 4.21 Å². The highest BCUT2D eigenvalue weighted by Gasteiger charge is 2.19. The van der Waals surface area contributed by atoms with Gasteiger partial charge in [0.2, 0.25) is 0 Å². The number of hydrogen-bond donors (Lipinski definition) is 0. The lowest BCUT2D eigenvalue weighted by atomic mass is 10.4. The van der Waals surface area contributed by atoms with Gasteiger partial charge in [-0.1, -0.05) is 18.2 Å². The van der Waals surface area contributed by atoms with Gasteiger partial charge in [0.05, 0.1) is 15.0 Å². The highest BCUT2D eigenvalue weighted by atomic mass is 32.2. The molecule has 1 unspecified atom stereocenters. The Morgan fingerprint density at radius 1 is 1.25 bits per heavy atom. The van der Waals surface area contributed by atoms with Gasteiger partial charge in [0.25, 0.3) is 0 Å². The van der Waals surface area contributed by atoms with Gasteiger partial charge in [-0.15, -0.1) is 23.5 Å². The molecule has 1 aromatic carbocycles. The van der Waals surface area contributed by atoms with E-state index in [1.54, 1.807) is 35.7 Å². The molecule has 0 saturated carbocycles. The van der Waals surface area contributed by atoms with Gasteiger partial charge in [0.15, 0.2) is 0 Å². The zero-order valence-electron chi connectivity index (χ0n) is 8.38. The molecule has 82 valence electrons. The minimum Gasteiger partial charge on any atom is -0.248 e. The first kappa shape index (κ1) is 11.8. The van der Waals surface area contributed by atoms with Crippen LogP contribution in [0, 0.1) is 11.3 Å². The van der Waals surface area contributed by atoms with E-state index in [2.05, 4.69) is 6.07 Å². The molecule has 0 N–H and O–H groups in total.